The van der Waals surface area contributed by atoms with Crippen LogP contribution in [0.1, 0.15) is 21.9 Å². The largest absolute Gasteiger partial charge is 0.441 e. The Morgan fingerprint density at radius 2 is 2.24 bits per heavy atom. The number of carbonyl (C=O) groups is 1. The van der Waals surface area contributed by atoms with Crippen molar-refractivity contribution >= 4 is 17.0 Å². The Labute approximate surface area is 121 Å². The minimum absolute atomic E-state index is 0.221. The quantitative estimate of drug-likeness (QED) is 0.790. The lowest BCUT2D eigenvalue weighted by atomic mass is 10.1. The molecule has 6 nitrogen and oxygen atoms in total. The second kappa shape index (κ2) is 5.70. The number of hydrogen-bond donors (Lipinski definition) is 1. The molecule has 2 aromatic heterocycles. The number of aryl methyl sites for hydroxylation is 1. The van der Waals surface area contributed by atoms with Crippen LogP contribution >= 0.6 is 0 Å². The lowest BCUT2D eigenvalue weighted by Crippen LogP contribution is -2.26. The molecule has 0 fully saturated rings. The first-order valence-electron chi connectivity index (χ1n) is 6.62. The fourth-order valence-corrected chi connectivity index (χ4v) is 2.07. The first-order chi connectivity index (χ1) is 10.2. The van der Waals surface area contributed by atoms with Gasteiger partial charge in [0.15, 0.2) is 11.5 Å². The van der Waals surface area contributed by atoms with E-state index in [-0.39, 0.29) is 5.91 Å². The van der Waals surface area contributed by atoms with Crippen molar-refractivity contribution in [3.8, 4) is 0 Å². The van der Waals surface area contributed by atoms with Crippen LogP contribution in [0.25, 0.3) is 11.1 Å². The SMILES string of the molecule is Cc1nc2cc(CCNC(=O)c3cnccn3)ccc2o1. The van der Waals surface area contributed by atoms with Gasteiger partial charge in [-0.3, -0.25) is 9.78 Å². The highest BCUT2D eigenvalue weighted by Gasteiger charge is 2.07. The lowest BCUT2D eigenvalue weighted by molar-refractivity contribution is 0.0948. The number of nitrogens with zero attached hydrogens (tertiary/aromatic N) is 3. The van der Waals surface area contributed by atoms with Crippen molar-refractivity contribution in [2.75, 3.05) is 6.54 Å². The monoisotopic (exact) mass is 282 g/mol. The summed E-state index contributed by atoms with van der Waals surface area (Å²) in [6.45, 7) is 2.35. The Hall–Kier alpha value is -2.76. The summed E-state index contributed by atoms with van der Waals surface area (Å²) in [7, 11) is 0. The van der Waals surface area contributed by atoms with Crippen molar-refractivity contribution in [3.05, 3.63) is 53.9 Å². The van der Waals surface area contributed by atoms with Crippen molar-refractivity contribution in [1.29, 1.82) is 0 Å². The summed E-state index contributed by atoms with van der Waals surface area (Å²) >= 11 is 0. The fraction of sp³-hybridized carbons (Fsp3) is 0.200. The summed E-state index contributed by atoms with van der Waals surface area (Å²) in [6.07, 6.45) is 5.19. The summed E-state index contributed by atoms with van der Waals surface area (Å²) in [4.78, 5) is 23.9. The van der Waals surface area contributed by atoms with E-state index in [9.17, 15) is 4.79 Å². The molecule has 0 radical (unpaired) electrons. The highest BCUT2D eigenvalue weighted by atomic mass is 16.3. The molecule has 21 heavy (non-hydrogen) atoms. The standard InChI is InChI=1S/C15H14N4O2/c1-10-19-12-8-11(2-3-14(12)21-10)4-5-18-15(20)13-9-16-6-7-17-13/h2-3,6-9H,4-5H2,1H3,(H,18,20). The minimum atomic E-state index is -0.221. The molecule has 1 N–H and O–H groups in total. The van der Waals surface area contributed by atoms with Crippen molar-refractivity contribution in [3.63, 3.8) is 0 Å². The average molecular weight is 282 g/mol. The first kappa shape index (κ1) is 13.2. The van der Waals surface area contributed by atoms with Crippen LogP contribution < -0.4 is 5.32 Å². The molecule has 0 unspecified atom stereocenters. The molecule has 6 heteroatoms. The topological polar surface area (TPSA) is 80.9 Å². The fourth-order valence-electron chi connectivity index (χ4n) is 2.07. The summed E-state index contributed by atoms with van der Waals surface area (Å²) in [5.41, 5.74) is 3.03. The molecule has 3 rings (SSSR count). The maximum absolute atomic E-state index is 11.8. The zero-order valence-electron chi connectivity index (χ0n) is 11.5. The molecule has 106 valence electrons. The van der Waals surface area contributed by atoms with Gasteiger partial charge in [0.05, 0.1) is 6.20 Å². The number of oxazole rings is 1. The maximum Gasteiger partial charge on any atom is 0.271 e. The molecule has 0 spiro atoms. The van der Waals surface area contributed by atoms with E-state index >= 15 is 0 Å². The van der Waals surface area contributed by atoms with Crippen LogP contribution in [0.15, 0.2) is 41.2 Å². The van der Waals surface area contributed by atoms with Crippen molar-refractivity contribution < 1.29 is 9.21 Å². The van der Waals surface area contributed by atoms with Gasteiger partial charge in [-0.15, -0.1) is 0 Å². The van der Waals surface area contributed by atoms with Crippen molar-refractivity contribution in [1.82, 2.24) is 20.3 Å². The van der Waals surface area contributed by atoms with E-state index in [2.05, 4.69) is 20.3 Å². The number of carbonyl (C=O) groups excluding carboxylic acids is 1. The molecule has 0 aliphatic carbocycles. The Balaban J connectivity index is 1.60. The second-order valence-electron chi connectivity index (χ2n) is 4.63. The number of fused-ring (bicyclic) bond motifs is 1. The zero-order valence-corrected chi connectivity index (χ0v) is 11.5. The molecule has 0 aliphatic heterocycles. The third-order valence-corrected chi connectivity index (χ3v) is 3.05. The Bertz CT molecular complexity index is 768. The maximum atomic E-state index is 11.8. The van der Waals surface area contributed by atoms with Gasteiger partial charge in [-0.05, 0) is 24.1 Å². The first-order valence-corrected chi connectivity index (χ1v) is 6.62. The predicted molar refractivity (Wildman–Crippen MR) is 76.8 cm³/mol. The van der Waals surface area contributed by atoms with E-state index in [4.69, 9.17) is 4.42 Å². The van der Waals surface area contributed by atoms with Crippen LogP contribution in [0, 0.1) is 6.92 Å². The summed E-state index contributed by atoms with van der Waals surface area (Å²) in [5, 5.41) is 2.82. The predicted octanol–water partition coefficient (Wildman–Crippen LogP) is 1.90. The Morgan fingerprint density at radius 3 is 3.05 bits per heavy atom. The summed E-state index contributed by atoms with van der Waals surface area (Å²) in [5.74, 6) is 0.430. The highest BCUT2D eigenvalue weighted by Crippen LogP contribution is 2.16. The number of rotatable bonds is 4. The van der Waals surface area contributed by atoms with Crippen LogP contribution in [0.3, 0.4) is 0 Å². The van der Waals surface area contributed by atoms with Crippen molar-refractivity contribution in [2.45, 2.75) is 13.3 Å². The molecule has 0 aliphatic rings. The molecular weight excluding hydrogens is 268 g/mol. The van der Waals surface area contributed by atoms with Gasteiger partial charge in [-0.25, -0.2) is 9.97 Å². The minimum Gasteiger partial charge on any atom is -0.441 e. The van der Waals surface area contributed by atoms with Crippen molar-refractivity contribution in [2.24, 2.45) is 0 Å². The molecule has 0 bridgehead atoms. The van der Waals surface area contributed by atoms with E-state index in [1.54, 1.807) is 0 Å². The number of amides is 1. The van der Waals surface area contributed by atoms with Crippen LogP contribution in [0.5, 0.6) is 0 Å². The normalized spacial score (nSPS) is 10.7. The number of benzene rings is 1. The van der Waals surface area contributed by atoms with Gasteiger partial charge in [-0.1, -0.05) is 6.07 Å². The third-order valence-electron chi connectivity index (χ3n) is 3.05. The van der Waals surface area contributed by atoms with E-state index in [0.717, 1.165) is 16.7 Å². The van der Waals surface area contributed by atoms with Gasteiger partial charge >= 0.3 is 0 Å². The lowest BCUT2D eigenvalue weighted by Gasteiger charge is -2.04. The van der Waals surface area contributed by atoms with Crippen LogP contribution in [0.2, 0.25) is 0 Å². The Kier molecular flexibility index (Phi) is 3.59. The van der Waals surface area contributed by atoms with Gasteiger partial charge in [-0.2, -0.15) is 0 Å². The Morgan fingerprint density at radius 1 is 1.33 bits per heavy atom. The zero-order chi connectivity index (χ0) is 14.7. The molecule has 1 aromatic carbocycles. The van der Waals surface area contributed by atoms with E-state index in [1.165, 1.54) is 18.6 Å². The van der Waals surface area contributed by atoms with Gasteiger partial charge < -0.3 is 9.73 Å². The number of aromatic nitrogens is 3. The number of nitrogens with one attached hydrogen (secondary N) is 1. The molecule has 2 heterocycles. The summed E-state index contributed by atoms with van der Waals surface area (Å²) in [6, 6.07) is 5.84. The number of hydrogen-bond acceptors (Lipinski definition) is 5. The molecule has 0 atom stereocenters. The second-order valence-corrected chi connectivity index (χ2v) is 4.63. The van der Waals surface area contributed by atoms with Crippen LogP contribution in [0.4, 0.5) is 0 Å². The van der Waals surface area contributed by atoms with Gasteiger partial charge in [0, 0.05) is 25.9 Å². The van der Waals surface area contributed by atoms with Gasteiger partial charge in [0.1, 0.15) is 11.2 Å². The summed E-state index contributed by atoms with van der Waals surface area (Å²) < 4.78 is 5.43. The van der Waals surface area contributed by atoms with E-state index < -0.39 is 0 Å². The van der Waals surface area contributed by atoms with E-state index in [0.29, 0.717) is 24.6 Å². The molecule has 0 saturated heterocycles. The molecule has 3 aromatic rings. The molecule has 1 amide bonds. The highest BCUT2D eigenvalue weighted by molar-refractivity contribution is 5.91. The van der Waals surface area contributed by atoms with Gasteiger partial charge in [0.25, 0.3) is 5.91 Å². The van der Waals surface area contributed by atoms with E-state index in [1.807, 2.05) is 25.1 Å². The third kappa shape index (κ3) is 3.05. The molecular formula is C15H14N4O2. The van der Waals surface area contributed by atoms with Crippen LogP contribution in [-0.4, -0.2) is 27.4 Å². The smallest absolute Gasteiger partial charge is 0.271 e. The molecule has 0 saturated carbocycles. The average Bonchev–Trinajstić information content (AvgIpc) is 2.87. The van der Waals surface area contributed by atoms with Crippen LogP contribution in [-0.2, 0) is 6.42 Å². The van der Waals surface area contributed by atoms with Gasteiger partial charge in [0.2, 0.25) is 0 Å².